The number of pyridine rings is 1. The molecule has 1 aliphatic rings. The van der Waals surface area contributed by atoms with Crippen LogP contribution >= 0.6 is 0 Å². The van der Waals surface area contributed by atoms with Crippen LogP contribution in [-0.4, -0.2) is 55.2 Å². The zero-order valence-electron chi connectivity index (χ0n) is 12.7. The molecule has 0 saturated carbocycles. The van der Waals surface area contributed by atoms with Crippen molar-refractivity contribution >= 4 is 11.9 Å². The van der Waals surface area contributed by atoms with Gasteiger partial charge in [-0.25, -0.2) is 4.68 Å². The Kier molecular flexibility index (Phi) is 4.77. The fraction of sp³-hybridized carbons (Fsp3) is 0.500. The Morgan fingerprint density at radius 3 is 2.83 bits per heavy atom. The summed E-state index contributed by atoms with van der Waals surface area (Å²) in [7, 11) is 0. The number of ether oxygens (including phenoxy) is 1. The van der Waals surface area contributed by atoms with Crippen LogP contribution < -0.4 is 5.73 Å². The van der Waals surface area contributed by atoms with Crippen molar-refractivity contribution in [2.45, 2.75) is 32.1 Å². The van der Waals surface area contributed by atoms with Crippen molar-refractivity contribution in [3.05, 3.63) is 30.1 Å². The molecule has 0 aromatic carbocycles. The summed E-state index contributed by atoms with van der Waals surface area (Å²) < 4.78 is 7.16. The highest BCUT2D eigenvalue weighted by Crippen LogP contribution is 2.15. The molecule has 1 aliphatic heterocycles. The summed E-state index contributed by atoms with van der Waals surface area (Å²) in [5.74, 6) is 0.110. The van der Waals surface area contributed by atoms with E-state index in [-0.39, 0.29) is 24.5 Å². The average molecular weight is 317 g/mol. The Balaban J connectivity index is 1.43. The average Bonchev–Trinajstić information content (AvgIpc) is 2.99. The van der Waals surface area contributed by atoms with Crippen molar-refractivity contribution in [2.75, 3.05) is 18.8 Å². The molecule has 3 rings (SSSR count). The lowest BCUT2D eigenvalue weighted by Gasteiger charge is -2.31. The topological polar surface area (TPSA) is 112 Å². The lowest BCUT2D eigenvalue weighted by atomic mass is 10.1. The smallest absolute Gasteiger partial charge is 0.244 e. The number of nitrogens with zero attached hydrogens (tertiary/aromatic N) is 6. The van der Waals surface area contributed by atoms with Crippen molar-refractivity contribution in [1.82, 2.24) is 30.1 Å². The monoisotopic (exact) mass is 317 g/mol. The predicted octanol–water partition coefficient (Wildman–Crippen LogP) is -0.142. The Morgan fingerprint density at radius 2 is 2.17 bits per heavy atom. The number of piperidine rings is 1. The maximum Gasteiger partial charge on any atom is 0.244 e. The van der Waals surface area contributed by atoms with Crippen molar-refractivity contribution in [2.24, 2.45) is 0 Å². The number of likely N-dealkylation sites (tertiary alicyclic amines) is 1. The zero-order chi connectivity index (χ0) is 16.1. The molecule has 0 bridgehead atoms. The largest absolute Gasteiger partial charge is 0.372 e. The molecule has 0 unspecified atom stereocenters. The lowest BCUT2D eigenvalue weighted by Crippen LogP contribution is -2.42. The highest BCUT2D eigenvalue weighted by molar-refractivity contribution is 5.76. The van der Waals surface area contributed by atoms with Crippen molar-refractivity contribution in [3.63, 3.8) is 0 Å². The van der Waals surface area contributed by atoms with E-state index >= 15 is 0 Å². The number of nitrogens with two attached hydrogens (primary N) is 1. The molecule has 1 saturated heterocycles. The first-order valence-electron chi connectivity index (χ1n) is 7.53. The fourth-order valence-corrected chi connectivity index (χ4v) is 2.51. The zero-order valence-corrected chi connectivity index (χ0v) is 12.7. The van der Waals surface area contributed by atoms with Gasteiger partial charge >= 0.3 is 0 Å². The van der Waals surface area contributed by atoms with E-state index < -0.39 is 0 Å². The van der Waals surface area contributed by atoms with Gasteiger partial charge in [0.05, 0.1) is 18.4 Å². The summed E-state index contributed by atoms with van der Waals surface area (Å²) in [4.78, 5) is 18.2. The van der Waals surface area contributed by atoms with Crippen LogP contribution in [0.3, 0.4) is 0 Å². The van der Waals surface area contributed by atoms with Crippen LogP contribution in [0.2, 0.25) is 0 Å². The maximum atomic E-state index is 12.2. The van der Waals surface area contributed by atoms with Crippen LogP contribution in [0.5, 0.6) is 0 Å². The first kappa shape index (κ1) is 15.3. The quantitative estimate of drug-likeness (QED) is 0.816. The van der Waals surface area contributed by atoms with Gasteiger partial charge in [-0.15, -0.1) is 0 Å². The predicted molar refractivity (Wildman–Crippen MR) is 80.9 cm³/mol. The van der Waals surface area contributed by atoms with E-state index in [1.54, 1.807) is 11.1 Å². The summed E-state index contributed by atoms with van der Waals surface area (Å²) in [5.41, 5.74) is 6.48. The number of carbonyl (C=O) groups is 1. The molecular formula is C14H19N7O2. The van der Waals surface area contributed by atoms with E-state index in [0.717, 1.165) is 18.5 Å². The van der Waals surface area contributed by atoms with Gasteiger partial charge in [0.2, 0.25) is 11.9 Å². The number of hydrogen-bond acceptors (Lipinski definition) is 7. The van der Waals surface area contributed by atoms with Gasteiger partial charge in [0.15, 0.2) is 0 Å². The number of aromatic nitrogens is 5. The number of anilines is 1. The van der Waals surface area contributed by atoms with Crippen molar-refractivity contribution in [1.29, 1.82) is 0 Å². The molecule has 0 atom stereocenters. The van der Waals surface area contributed by atoms with Crippen LogP contribution in [0.4, 0.5) is 5.95 Å². The number of tetrazole rings is 1. The third-order valence-corrected chi connectivity index (χ3v) is 3.83. The number of hydrogen-bond donors (Lipinski definition) is 1. The second-order valence-corrected chi connectivity index (χ2v) is 5.41. The van der Waals surface area contributed by atoms with Crippen molar-refractivity contribution < 1.29 is 9.53 Å². The first-order chi connectivity index (χ1) is 11.2. The van der Waals surface area contributed by atoms with Gasteiger partial charge in [-0.05, 0) is 35.4 Å². The second kappa shape index (κ2) is 7.14. The number of carbonyl (C=O) groups excluding carboxylic acids is 1. The van der Waals surface area contributed by atoms with Gasteiger partial charge in [0, 0.05) is 19.3 Å². The third kappa shape index (κ3) is 4.01. The van der Waals surface area contributed by atoms with E-state index in [9.17, 15) is 4.79 Å². The van der Waals surface area contributed by atoms with Gasteiger partial charge in [0.1, 0.15) is 6.54 Å². The molecule has 1 fully saturated rings. The highest BCUT2D eigenvalue weighted by atomic mass is 16.5. The summed E-state index contributed by atoms with van der Waals surface area (Å²) in [6.07, 6.45) is 3.53. The van der Waals surface area contributed by atoms with E-state index in [2.05, 4.69) is 20.5 Å². The maximum absolute atomic E-state index is 12.2. The van der Waals surface area contributed by atoms with Gasteiger partial charge in [-0.1, -0.05) is 11.2 Å². The standard InChI is InChI=1S/C14H19N7O2/c15-14-17-18-19-21(14)9-13(22)20-7-4-12(5-8-20)23-10-11-3-1-2-6-16-11/h1-3,6,12H,4-5,7-10H2,(H2,15,17,19). The first-order valence-corrected chi connectivity index (χ1v) is 7.53. The van der Waals surface area contributed by atoms with E-state index in [1.807, 2.05) is 18.2 Å². The second-order valence-electron chi connectivity index (χ2n) is 5.41. The number of amides is 1. The van der Waals surface area contributed by atoms with E-state index in [1.165, 1.54) is 4.68 Å². The molecule has 2 aromatic heterocycles. The number of nitrogen functional groups attached to an aromatic ring is 1. The molecule has 9 nitrogen and oxygen atoms in total. The normalized spacial score (nSPS) is 15.7. The summed E-state index contributed by atoms with van der Waals surface area (Å²) >= 11 is 0. The van der Waals surface area contributed by atoms with Crippen LogP contribution in [-0.2, 0) is 22.7 Å². The minimum Gasteiger partial charge on any atom is -0.372 e. The van der Waals surface area contributed by atoms with Gasteiger partial charge in [0.25, 0.3) is 0 Å². The Morgan fingerprint density at radius 1 is 1.35 bits per heavy atom. The third-order valence-electron chi connectivity index (χ3n) is 3.83. The van der Waals surface area contributed by atoms with E-state index in [0.29, 0.717) is 19.7 Å². The molecule has 23 heavy (non-hydrogen) atoms. The molecule has 3 heterocycles. The molecule has 2 aromatic rings. The summed E-state index contributed by atoms with van der Waals surface area (Å²) in [6, 6.07) is 5.76. The van der Waals surface area contributed by atoms with Crippen LogP contribution in [0, 0.1) is 0 Å². The minimum absolute atomic E-state index is 0.0350. The van der Waals surface area contributed by atoms with Gasteiger partial charge < -0.3 is 15.4 Å². The van der Waals surface area contributed by atoms with Gasteiger partial charge in [-0.2, -0.15) is 0 Å². The van der Waals surface area contributed by atoms with Crippen LogP contribution in [0.1, 0.15) is 18.5 Å². The Bertz CT molecular complexity index is 638. The SMILES string of the molecule is Nc1nnnn1CC(=O)N1CCC(OCc2ccccn2)CC1. The molecular weight excluding hydrogens is 298 g/mol. The Hall–Kier alpha value is -2.55. The highest BCUT2D eigenvalue weighted by Gasteiger charge is 2.24. The molecule has 9 heteroatoms. The van der Waals surface area contributed by atoms with Crippen LogP contribution in [0.25, 0.3) is 0 Å². The van der Waals surface area contributed by atoms with Crippen molar-refractivity contribution in [3.8, 4) is 0 Å². The molecule has 122 valence electrons. The van der Waals surface area contributed by atoms with Gasteiger partial charge in [-0.3, -0.25) is 9.78 Å². The molecule has 0 radical (unpaired) electrons. The summed E-state index contributed by atoms with van der Waals surface area (Å²) in [5, 5.41) is 10.7. The lowest BCUT2D eigenvalue weighted by molar-refractivity contribution is -0.134. The molecule has 0 spiro atoms. The molecule has 2 N–H and O–H groups in total. The summed E-state index contributed by atoms with van der Waals surface area (Å²) in [6.45, 7) is 1.89. The molecule has 1 amide bonds. The van der Waals surface area contributed by atoms with Crippen LogP contribution in [0.15, 0.2) is 24.4 Å². The molecule has 0 aliphatic carbocycles. The number of rotatable bonds is 5. The minimum atomic E-state index is -0.0350. The Labute approximate surface area is 133 Å². The fourth-order valence-electron chi connectivity index (χ4n) is 2.51. The van der Waals surface area contributed by atoms with E-state index in [4.69, 9.17) is 10.5 Å².